The molecule has 3 rings (SSSR count). The highest BCUT2D eigenvalue weighted by Crippen LogP contribution is 2.24. The molecular weight excluding hydrogens is 294 g/mol. The zero-order valence-electron chi connectivity index (χ0n) is 13.2. The predicted octanol–water partition coefficient (Wildman–Crippen LogP) is 3.29. The number of nitrogens with zero attached hydrogens (tertiary/aromatic N) is 2. The number of piperazine rings is 1. The lowest BCUT2D eigenvalue weighted by Crippen LogP contribution is -2.43. The van der Waals surface area contributed by atoms with Crippen molar-refractivity contribution < 1.29 is 0 Å². The van der Waals surface area contributed by atoms with Gasteiger partial charge in [-0.05, 0) is 43.0 Å². The highest BCUT2D eigenvalue weighted by Gasteiger charge is 2.11. The summed E-state index contributed by atoms with van der Waals surface area (Å²) < 4.78 is 0. The number of aryl methyl sites for hydroxylation is 2. The Kier molecular flexibility index (Phi) is 5.29. The van der Waals surface area contributed by atoms with E-state index in [0.717, 1.165) is 57.5 Å². The van der Waals surface area contributed by atoms with Gasteiger partial charge in [-0.1, -0.05) is 36.7 Å². The number of hydrogen-bond acceptors (Lipinski definition) is 3. The Bertz CT molecular complexity index is 636. The van der Waals surface area contributed by atoms with Crippen LogP contribution in [-0.2, 0) is 12.8 Å². The van der Waals surface area contributed by atoms with Gasteiger partial charge in [-0.3, -0.25) is 0 Å². The standard InChI is InChI=1S/C18H24ClN3/c1-2-14-5-3-6-15-13-16(18(19)21-17(14)15)7-4-10-22-11-8-20-9-12-22/h3,5-6,13,20H,2,4,7-12H2,1H3. The molecule has 0 spiro atoms. The van der Waals surface area contributed by atoms with E-state index in [1.165, 1.54) is 16.5 Å². The Morgan fingerprint density at radius 1 is 1.23 bits per heavy atom. The van der Waals surface area contributed by atoms with E-state index in [0.29, 0.717) is 5.15 Å². The maximum atomic E-state index is 6.42. The molecule has 0 radical (unpaired) electrons. The molecule has 22 heavy (non-hydrogen) atoms. The lowest BCUT2D eigenvalue weighted by atomic mass is 10.0. The normalized spacial score (nSPS) is 16.3. The molecule has 1 fully saturated rings. The highest BCUT2D eigenvalue weighted by atomic mass is 35.5. The van der Waals surface area contributed by atoms with Crippen molar-refractivity contribution in [3.05, 3.63) is 40.5 Å². The summed E-state index contributed by atoms with van der Waals surface area (Å²) in [6.45, 7) is 7.83. The van der Waals surface area contributed by atoms with Crippen LogP contribution in [0.3, 0.4) is 0 Å². The molecular formula is C18H24ClN3. The first-order valence-corrected chi connectivity index (χ1v) is 8.66. The van der Waals surface area contributed by atoms with Crippen molar-refractivity contribution in [2.45, 2.75) is 26.2 Å². The number of halogens is 1. The van der Waals surface area contributed by atoms with E-state index in [1.54, 1.807) is 0 Å². The molecule has 1 saturated heterocycles. The van der Waals surface area contributed by atoms with Gasteiger partial charge < -0.3 is 10.2 Å². The third-order valence-corrected chi connectivity index (χ3v) is 4.79. The van der Waals surface area contributed by atoms with Gasteiger partial charge in [0.05, 0.1) is 5.52 Å². The second kappa shape index (κ2) is 7.40. The van der Waals surface area contributed by atoms with E-state index in [-0.39, 0.29) is 0 Å². The summed E-state index contributed by atoms with van der Waals surface area (Å²) >= 11 is 6.42. The molecule has 1 aliphatic rings. The molecule has 2 heterocycles. The van der Waals surface area contributed by atoms with Crippen molar-refractivity contribution in [3.63, 3.8) is 0 Å². The molecule has 0 bridgehead atoms. The third kappa shape index (κ3) is 3.60. The maximum absolute atomic E-state index is 6.42. The molecule has 0 unspecified atom stereocenters. The van der Waals surface area contributed by atoms with E-state index < -0.39 is 0 Å². The van der Waals surface area contributed by atoms with Gasteiger partial charge in [-0.15, -0.1) is 0 Å². The predicted molar refractivity (Wildman–Crippen MR) is 93.8 cm³/mol. The molecule has 4 heteroatoms. The number of benzene rings is 1. The number of aromatic nitrogens is 1. The summed E-state index contributed by atoms with van der Waals surface area (Å²) in [5.74, 6) is 0. The van der Waals surface area contributed by atoms with Gasteiger partial charge in [-0.25, -0.2) is 4.98 Å². The monoisotopic (exact) mass is 317 g/mol. The van der Waals surface area contributed by atoms with Crippen LogP contribution in [0.1, 0.15) is 24.5 Å². The van der Waals surface area contributed by atoms with Crippen molar-refractivity contribution in [2.24, 2.45) is 0 Å². The van der Waals surface area contributed by atoms with Crippen LogP contribution in [0.4, 0.5) is 0 Å². The second-order valence-corrected chi connectivity index (χ2v) is 6.33. The average Bonchev–Trinajstić information content (AvgIpc) is 2.56. The van der Waals surface area contributed by atoms with Crippen LogP contribution in [0, 0.1) is 0 Å². The van der Waals surface area contributed by atoms with Crippen molar-refractivity contribution >= 4 is 22.5 Å². The Hall–Kier alpha value is -1.16. The maximum Gasteiger partial charge on any atom is 0.132 e. The van der Waals surface area contributed by atoms with Gasteiger partial charge in [-0.2, -0.15) is 0 Å². The van der Waals surface area contributed by atoms with E-state index in [9.17, 15) is 0 Å². The van der Waals surface area contributed by atoms with E-state index in [4.69, 9.17) is 11.6 Å². The molecule has 1 aliphatic heterocycles. The molecule has 1 aromatic carbocycles. The summed E-state index contributed by atoms with van der Waals surface area (Å²) in [6.07, 6.45) is 3.13. The van der Waals surface area contributed by atoms with Crippen molar-refractivity contribution in [1.82, 2.24) is 15.2 Å². The molecule has 0 amide bonds. The number of para-hydroxylation sites is 1. The Morgan fingerprint density at radius 2 is 2.05 bits per heavy atom. The average molecular weight is 318 g/mol. The molecule has 1 N–H and O–H groups in total. The van der Waals surface area contributed by atoms with Crippen LogP contribution in [-0.4, -0.2) is 42.6 Å². The third-order valence-electron chi connectivity index (χ3n) is 4.47. The number of nitrogens with one attached hydrogen (secondary N) is 1. The molecule has 0 atom stereocenters. The number of rotatable bonds is 5. The Balaban J connectivity index is 1.69. The fourth-order valence-electron chi connectivity index (χ4n) is 3.17. The van der Waals surface area contributed by atoms with Gasteiger partial charge in [0.2, 0.25) is 0 Å². The van der Waals surface area contributed by atoms with Gasteiger partial charge >= 0.3 is 0 Å². The fraction of sp³-hybridized carbons (Fsp3) is 0.500. The molecule has 3 nitrogen and oxygen atoms in total. The Morgan fingerprint density at radius 3 is 2.82 bits per heavy atom. The first kappa shape index (κ1) is 15.7. The molecule has 118 valence electrons. The lowest BCUT2D eigenvalue weighted by molar-refractivity contribution is 0.238. The summed E-state index contributed by atoms with van der Waals surface area (Å²) in [4.78, 5) is 7.18. The molecule has 0 saturated carbocycles. The van der Waals surface area contributed by atoms with Crippen molar-refractivity contribution in [1.29, 1.82) is 0 Å². The minimum absolute atomic E-state index is 0.675. The van der Waals surface area contributed by atoms with Crippen LogP contribution in [0.2, 0.25) is 5.15 Å². The van der Waals surface area contributed by atoms with Crippen LogP contribution in [0.25, 0.3) is 10.9 Å². The van der Waals surface area contributed by atoms with Gasteiger partial charge in [0.25, 0.3) is 0 Å². The van der Waals surface area contributed by atoms with E-state index >= 15 is 0 Å². The highest BCUT2D eigenvalue weighted by molar-refractivity contribution is 6.30. The zero-order chi connectivity index (χ0) is 15.4. The van der Waals surface area contributed by atoms with E-state index in [1.807, 2.05) is 0 Å². The minimum Gasteiger partial charge on any atom is -0.314 e. The Labute approximate surface area is 137 Å². The van der Waals surface area contributed by atoms with Crippen LogP contribution >= 0.6 is 11.6 Å². The summed E-state index contributed by atoms with van der Waals surface area (Å²) in [6, 6.07) is 8.61. The largest absolute Gasteiger partial charge is 0.314 e. The van der Waals surface area contributed by atoms with E-state index in [2.05, 4.69) is 46.4 Å². The SMILES string of the molecule is CCc1cccc2cc(CCCN3CCNCC3)c(Cl)nc12. The van der Waals surface area contributed by atoms with Gasteiger partial charge in [0, 0.05) is 31.6 Å². The lowest BCUT2D eigenvalue weighted by Gasteiger charge is -2.27. The molecule has 2 aromatic rings. The summed E-state index contributed by atoms with van der Waals surface area (Å²) in [5, 5.41) is 5.27. The zero-order valence-corrected chi connectivity index (χ0v) is 14.0. The van der Waals surface area contributed by atoms with Gasteiger partial charge in [0.15, 0.2) is 0 Å². The van der Waals surface area contributed by atoms with Crippen molar-refractivity contribution in [3.8, 4) is 0 Å². The fourth-order valence-corrected chi connectivity index (χ4v) is 3.40. The van der Waals surface area contributed by atoms with Crippen molar-refractivity contribution in [2.75, 3.05) is 32.7 Å². The first-order chi connectivity index (χ1) is 10.8. The minimum atomic E-state index is 0.675. The van der Waals surface area contributed by atoms with Gasteiger partial charge in [0.1, 0.15) is 5.15 Å². The quantitative estimate of drug-likeness (QED) is 0.858. The number of pyridine rings is 1. The second-order valence-electron chi connectivity index (χ2n) is 5.98. The summed E-state index contributed by atoms with van der Waals surface area (Å²) in [5.41, 5.74) is 3.50. The van der Waals surface area contributed by atoms with Crippen LogP contribution in [0.5, 0.6) is 0 Å². The van der Waals surface area contributed by atoms with Crippen LogP contribution in [0.15, 0.2) is 24.3 Å². The topological polar surface area (TPSA) is 28.2 Å². The first-order valence-electron chi connectivity index (χ1n) is 8.28. The number of hydrogen-bond donors (Lipinski definition) is 1. The number of fused-ring (bicyclic) bond motifs is 1. The van der Waals surface area contributed by atoms with Crippen LogP contribution < -0.4 is 5.32 Å². The molecule has 0 aliphatic carbocycles. The smallest absolute Gasteiger partial charge is 0.132 e. The summed E-state index contributed by atoms with van der Waals surface area (Å²) in [7, 11) is 0. The molecule has 1 aromatic heterocycles.